The number of rotatable bonds is 5. The Hall–Kier alpha value is -5.86. The molecule has 0 fully saturated rings. The number of furan rings is 1. The van der Waals surface area contributed by atoms with Gasteiger partial charge in [0.2, 0.25) is 0 Å². The number of anilines is 3. The standard InChI is InChI=1S/C45H33NO/c1-45(2)39-27-28-42-44(38-15-9-10-16-41(38)47-42)43(39)37-26-25-36(29-40(37)45)46(34-21-17-32(18-22-34)30-11-5-3-6-12-30)35-23-19-33(20-24-35)31-13-7-4-8-14-31/h3-29H,1-2H3. The second-order valence-corrected chi connectivity index (χ2v) is 13.0. The summed E-state index contributed by atoms with van der Waals surface area (Å²) in [6.07, 6.45) is 0. The third-order valence-electron chi connectivity index (χ3n) is 9.89. The molecule has 47 heavy (non-hydrogen) atoms. The fraction of sp³-hybridized carbons (Fsp3) is 0.0667. The SMILES string of the molecule is CC1(C)c2cc(N(c3ccc(-c4ccccc4)cc3)c3ccc(-c4ccccc4)cc3)ccc2-c2c1ccc1oc3ccccc3c21. The van der Waals surface area contributed by atoms with Crippen molar-refractivity contribution in [1.29, 1.82) is 0 Å². The van der Waals surface area contributed by atoms with E-state index < -0.39 is 0 Å². The van der Waals surface area contributed by atoms with E-state index >= 15 is 0 Å². The highest BCUT2D eigenvalue weighted by molar-refractivity contribution is 6.15. The third kappa shape index (κ3) is 4.40. The van der Waals surface area contributed by atoms with Gasteiger partial charge in [0.15, 0.2) is 0 Å². The van der Waals surface area contributed by atoms with Gasteiger partial charge in [-0.25, -0.2) is 0 Å². The summed E-state index contributed by atoms with van der Waals surface area (Å²) in [6, 6.07) is 58.8. The molecule has 2 heteroatoms. The summed E-state index contributed by atoms with van der Waals surface area (Å²) < 4.78 is 6.31. The van der Waals surface area contributed by atoms with E-state index in [2.05, 4.69) is 176 Å². The zero-order valence-electron chi connectivity index (χ0n) is 26.4. The summed E-state index contributed by atoms with van der Waals surface area (Å²) in [5.74, 6) is 0. The van der Waals surface area contributed by atoms with Crippen LogP contribution >= 0.6 is 0 Å². The topological polar surface area (TPSA) is 16.4 Å². The van der Waals surface area contributed by atoms with Gasteiger partial charge in [-0.15, -0.1) is 0 Å². The Morgan fingerprint density at radius 2 is 0.979 bits per heavy atom. The van der Waals surface area contributed by atoms with E-state index in [4.69, 9.17) is 4.42 Å². The van der Waals surface area contributed by atoms with Crippen LogP contribution in [0.5, 0.6) is 0 Å². The molecule has 0 spiro atoms. The molecule has 7 aromatic carbocycles. The maximum atomic E-state index is 6.31. The average Bonchev–Trinajstić information content (AvgIpc) is 3.62. The van der Waals surface area contributed by atoms with Crippen LogP contribution in [-0.2, 0) is 5.41 Å². The zero-order valence-corrected chi connectivity index (χ0v) is 26.4. The summed E-state index contributed by atoms with van der Waals surface area (Å²) in [6.45, 7) is 4.70. The van der Waals surface area contributed by atoms with Gasteiger partial charge in [-0.1, -0.05) is 129 Å². The summed E-state index contributed by atoms with van der Waals surface area (Å²) in [5, 5.41) is 2.38. The predicted octanol–water partition coefficient (Wildman–Crippen LogP) is 12.7. The van der Waals surface area contributed by atoms with Gasteiger partial charge in [-0.05, 0) is 93.0 Å². The highest BCUT2D eigenvalue weighted by Crippen LogP contribution is 2.54. The fourth-order valence-corrected chi connectivity index (χ4v) is 7.48. The maximum Gasteiger partial charge on any atom is 0.136 e. The number of para-hydroxylation sites is 1. The number of fused-ring (bicyclic) bond motifs is 7. The second-order valence-electron chi connectivity index (χ2n) is 13.0. The van der Waals surface area contributed by atoms with Crippen molar-refractivity contribution in [2.24, 2.45) is 0 Å². The van der Waals surface area contributed by atoms with Crippen molar-refractivity contribution in [1.82, 2.24) is 0 Å². The Morgan fingerprint density at radius 3 is 1.60 bits per heavy atom. The molecule has 0 N–H and O–H groups in total. The Balaban J connectivity index is 1.20. The Morgan fingerprint density at radius 1 is 0.447 bits per heavy atom. The van der Waals surface area contributed by atoms with Crippen LogP contribution < -0.4 is 4.90 Å². The number of hydrogen-bond donors (Lipinski definition) is 0. The van der Waals surface area contributed by atoms with Crippen LogP contribution in [0.4, 0.5) is 17.1 Å². The van der Waals surface area contributed by atoms with E-state index in [1.54, 1.807) is 0 Å². The molecule has 0 amide bonds. The van der Waals surface area contributed by atoms with Crippen molar-refractivity contribution >= 4 is 39.0 Å². The summed E-state index contributed by atoms with van der Waals surface area (Å²) >= 11 is 0. The molecule has 0 atom stereocenters. The van der Waals surface area contributed by atoms with Crippen LogP contribution in [0.25, 0.3) is 55.3 Å². The molecule has 1 aliphatic rings. The number of benzene rings is 7. The molecule has 8 aromatic rings. The lowest BCUT2D eigenvalue weighted by Crippen LogP contribution is -2.16. The van der Waals surface area contributed by atoms with Gasteiger partial charge in [0.25, 0.3) is 0 Å². The lowest BCUT2D eigenvalue weighted by Gasteiger charge is -2.28. The first-order valence-corrected chi connectivity index (χ1v) is 16.3. The molecule has 224 valence electrons. The van der Waals surface area contributed by atoms with E-state index in [0.717, 1.165) is 28.2 Å². The summed E-state index contributed by atoms with van der Waals surface area (Å²) in [5.41, 5.74) is 15.2. The molecular weight excluding hydrogens is 571 g/mol. The predicted molar refractivity (Wildman–Crippen MR) is 197 cm³/mol. The quantitative estimate of drug-likeness (QED) is 0.195. The fourth-order valence-electron chi connectivity index (χ4n) is 7.48. The van der Waals surface area contributed by atoms with Crippen LogP contribution in [0.1, 0.15) is 25.0 Å². The Labute approximate surface area is 275 Å². The normalized spacial score (nSPS) is 13.1. The molecule has 0 saturated carbocycles. The van der Waals surface area contributed by atoms with Crippen molar-refractivity contribution in [2.75, 3.05) is 4.90 Å². The first-order chi connectivity index (χ1) is 23.1. The maximum absolute atomic E-state index is 6.31. The van der Waals surface area contributed by atoms with Crippen molar-refractivity contribution in [3.8, 4) is 33.4 Å². The Bertz CT molecular complexity index is 2320. The molecule has 0 unspecified atom stereocenters. The smallest absolute Gasteiger partial charge is 0.136 e. The monoisotopic (exact) mass is 603 g/mol. The van der Waals surface area contributed by atoms with Gasteiger partial charge in [0, 0.05) is 33.2 Å². The first-order valence-electron chi connectivity index (χ1n) is 16.3. The lowest BCUT2D eigenvalue weighted by atomic mass is 9.82. The third-order valence-corrected chi connectivity index (χ3v) is 9.89. The van der Waals surface area contributed by atoms with Gasteiger partial charge < -0.3 is 9.32 Å². The molecule has 2 nitrogen and oxygen atoms in total. The van der Waals surface area contributed by atoms with Gasteiger partial charge >= 0.3 is 0 Å². The molecule has 1 heterocycles. The van der Waals surface area contributed by atoms with E-state index in [-0.39, 0.29) is 5.41 Å². The Kier molecular flexibility index (Phi) is 6.20. The van der Waals surface area contributed by atoms with Crippen LogP contribution in [0.3, 0.4) is 0 Å². The molecule has 0 saturated heterocycles. The van der Waals surface area contributed by atoms with E-state index in [9.17, 15) is 0 Å². The molecule has 9 rings (SSSR count). The number of nitrogens with zero attached hydrogens (tertiary/aromatic N) is 1. The van der Waals surface area contributed by atoms with Gasteiger partial charge in [-0.3, -0.25) is 0 Å². The molecular formula is C45H33NO. The average molecular weight is 604 g/mol. The van der Waals surface area contributed by atoms with Crippen LogP contribution in [0.15, 0.2) is 168 Å². The lowest BCUT2D eigenvalue weighted by molar-refractivity contribution is 0.656. The van der Waals surface area contributed by atoms with Gasteiger partial charge in [-0.2, -0.15) is 0 Å². The summed E-state index contributed by atoms with van der Waals surface area (Å²) in [7, 11) is 0. The van der Waals surface area contributed by atoms with Crippen molar-refractivity contribution in [2.45, 2.75) is 19.3 Å². The van der Waals surface area contributed by atoms with E-state index in [0.29, 0.717) is 0 Å². The minimum absolute atomic E-state index is 0.173. The molecule has 0 bridgehead atoms. The molecule has 1 aromatic heterocycles. The second kappa shape index (κ2) is 10.6. The van der Waals surface area contributed by atoms with Crippen molar-refractivity contribution in [3.63, 3.8) is 0 Å². The minimum atomic E-state index is -0.173. The molecule has 0 aliphatic heterocycles. The van der Waals surface area contributed by atoms with E-state index in [1.807, 2.05) is 6.07 Å². The summed E-state index contributed by atoms with van der Waals surface area (Å²) in [4.78, 5) is 2.38. The van der Waals surface area contributed by atoms with Crippen LogP contribution in [0, 0.1) is 0 Å². The molecule has 0 radical (unpaired) electrons. The highest BCUT2D eigenvalue weighted by atomic mass is 16.3. The van der Waals surface area contributed by atoms with Crippen molar-refractivity contribution in [3.05, 3.63) is 175 Å². The number of hydrogen-bond acceptors (Lipinski definition) is 2. The first kappa shape index (κ1) is 27.5. The minimum Gasteiger partial charge on any atom is -0.456 e. The largest absolute Gasteiger partial charge is 0.456 e. The highest BCUT2D eigenvalue weighted by Gasteiger charge is 2.38. The van der Waals surface area contributed by atoms with Crippen LogP contribution in [0.2, 0.25) is 0 Å². The molecule has 1 aliphatic carbocycles. The zero-order chi connectivity index (χ0) is 31.5. The van der Waals surface area contributed by atoms with Crippen LogP contribution in [-0.4, -0.2) is 0 Å². The van der Waals surface area contributed by atoms with Gasteiger partial charge in [0.05, 0.1) is 0 Å². The van der Waals surface area contributed by atoms with Crippen molar-refractivity contribution < 1.29 is 4.42 Å². The van der Waals surface area contributed by atoms with E-state index in [1.165, 1.54) is 55.3 Å². The van der Waals surface area contributed by atoms with Gasteiger partial charge in [0.1, 0.15) is 11.2 Å².